The van der Waals surface area contributed by atoms with Crippen molar-refractivity contribution in [2.45, 2.75) is 31.7 Å². The van der Waals surface area contributed by atoms with Crippen LogP contribution in [0.5, 0.6) is 5.75 Å². The van der Waals surface area contributed by atoms with E-state index in [1.54, 1.807) is 18.2 Å². The van der Waals surface area contributed by atoms with E-state index in [-0.39, 0.29) is 30.4 Å². The number of ether oxygens (including phenoxy) is 1. The minimum absolute atomic E-state index is 0.00132. The van der Waals surface area contributed by atoms with Crippen LogP contribution in [-0.2, 0) is 9.59 Å². The molecule has 2 amide bonds. The fraction of sp³-hybridized carbons (Fsp3) is 0.467. The summed E-state index contributed by atoms with van der Waals surface area (Å²) in [6.07, 6.45) is 3.58. The number of nitrogens with two attached hydrogens (primary N) is 1. The Morgan fingerprint density at radius 2 is 2.29 bits per heavy atom. The monoisotopic (exact) mass is 289 g/mol. The lowest BCUT2D eigenvalue weighted by molar-refractivity contribution is -0.119. The van der Waals surface area contributed by atoms with Gasteiger partial charge in [0.2, 0.25) is 5.91 Å². The Balaban J connectivity index is 1.62. The zero-order chi connectivity index (χ0) is 14.8. The van der Waals surface area contributed by atoms with Gasteiger partial charge in [0, 0.05) is 24.2 Å². The molecule has 1 aromatic rings. The maximum Gasteiger partial charge on any atom is 0.262 e. The van der Waals surface area contributed by atoms with Gasteiger partial charge in [-0.25, -0.2) is 0 Å². The second-order valence-electron chi connectivity index (χ2n) is 5.65. The molecule has 112 valence electrons. The highest BCUT2D eigenvalue weighted by Gasteiger charge is 2.26. The van der Waals surface area contributed by atoms with Gasteiger partial charge >= 0.3 is 0 Å². The second-order valence-corrected chi connectivity index (χ2v) is 5.65. The van der Waals surface area contributed by atoms with Crippen LogP contribution < -0.4 is 21.1 Å². The lowest BCUT2D eigenvalue weighted by atomic mass is 10.00. The number of carbonyl (C=O) groups excluding carboxylic acids is 2. The van der Waals surface area contributed by atoms with Crippen LogP contribution in [0.2, 0.25) is 0 Å². The molecule has 6 heteroatoms. The maximum absolute atomic E-state index is 12.1. The zero-order valence-corrected chi connectivity index (χ0v) is 11.7. The summed E-state index contributed by atoms with van der Waals surface area (Å²) in [5.41, 5.74) is 7.28. The van der Waals surface area contributed by atoms with Crippen molar-refractivity contribution in [2.75, 3.05) is 17.2 Å². The van der Waals surface area contributed by atoms with Gasteiger partial charge in [-0.15, -0.1) is 0 Å². The standard InChI is InChI=1S/C15H19N3O3/c16-11-3-1-2-9(11)6-14(19)17-10-4-5-12-13(7-10)21-8-15(20)18-12/h4-5,7,9,11H,1-3,6,8,16H2,(H,17,19)(H,18,20)/t9-,11+/m0/s1. The Morgan fingerprint density at radius 3 is 3.05 bits per heavy atom. The third-order valence-corrected chi connectivity index (χ3v) is 4.06. The molecule has 21 heavy (non-hydrogen) atoms. The molecule has 0 saturated heterocycles. The summed E-state index contributed by atoms with van der Waals surface area (Å²) in [6.45, 7) is 0.00132. The van der Waals surface area contributed by atoms with Gasteiger partial charge in [-0.05, 0) is 30.9 Å². The Morgan fingerprint density at radius 1 is 1.43 bits per heavy atom. The summed E-state index contributed by atoms with van der Waals surface area (Å²) in [7, 11) is 0. The first-order valence-corrected chi connectivity index (χ1v) is 7.24. The molecule has 2 atom stereocenters. The largest absolute Gasteiger partial charge is 0.482 e. The van der Waals surface area contributed by atoms with E-state index in [9.17, 15) is 9.59 Å². The molecular formula is C15H19N3O3. The summed E-state index contributed by atoms with van der Waals surface area (Å²) in [4.78, 5) is 23.3. The Hall–Kier alpha value is -2.08. The van der Waals surface area contributed by atoms with Crippen molar-refractivity contribution in [3.63, 3.8) is 0 Å². The van der Waals surface area contributed by atoms with Gasteiger partial charge in [0.15, 0.2) is 6.61 Å². The number of fused-ring (bicyclic) bond motifs is 1. The van der Waals surface area contributed by atoms with E-state index in [4.69, 9.17) is 10.5 Å². The second kappa shape index (κ2) is 5.73. The lowest BCUT2D eigenvalue weighted by Gasteiger charge is -2.19. The summed E-state index contributed by atoms with van der Waals surface area (Å²) in [5.74, 6) is 0.648. The molecule has 3 rings (SSSR count). The quantitative estimate of drug-likeness (QED) is 0.785. The number of hydrogen-bond acceptors (Lipinski definition) is 4. The fourth-order valence-corrected chi connectivity index (χ4v) is 2.92. The van der Waals surface area contributed by atoms with Gasteiger partial charge in [0.05, 0.1) is 5.69 Å². The highest BCUT2D eigenvalue weighted by Crippen LogP contribution is 2.31. The van der Waals surface area contributed by atoms with Crippen LogP contribution >= 0.6 is 0 Å². The molecule has 0 radical (unpaired) electrons. The summed E-state index contributed by atoms with van der Waals surface area (Å²) >= 11 is 0. The van der Waals surface area contributed by atoms with E-state index < -0.39 is 0 Å². The van der Waals surface area contributed by atoms with Crippen molar-refractivity contribution in [1.29, 1.82) is 0 Å². The molecule has 0 aromatic heterocycles. The minimum Gasteiger partial charge on any atom is -0.482 e. The fourth-order valence-electron chi connectivity index (χ4n) is 2.92. The van der Waals surface area contributed by atoms with Crippen LogP contribution in [0.25, 0.3) is 0 Å². The van der Waals surface area contributed by atoms with Crippen LogP contribution in [-0.4, -0.2) is 24.5 Å². The highest BCUT2D eigenvalue weighted by atomic mass is 16.5. The smallest absolute Gasteiger partial charge is 0.262 e. The van der Waals surface area contributed by atoms with E-state index >= 15 is 0 Å². The number of hydrogen-bond donors (Lipinski definition) is 3. The van der Waals surface area contributed by atoms with Crippen molar-refractivity contribution in [3.8, 4) is 5.75 Å². The zero-order valence-electron chi connectivity index (χ0n) is 11.7. The van der Waals surface area contributed by atoms with Gasteiger partial charge in [-0.2, -0.15) is 0 Å². The Labute approximate surface area is 123 Å². The van der Waals surface area contributed by atoms with Gasteiger partial charge in [-0.3, -0.25) is 9.59 Å². The average molecular weight is 289 g/mol. The van der Waals surface area contributed by atoms with E-state index in [0.717, 1.165) is 19.3 Å². The van der Waals surface area contributed by atoms with Crippen molar-refractivity contribution in [2.24, 2.45) is 11.7 Å². The first-order chi connectivity index (χ1) is 10.1. The number of anilines is 2. The molecule has 1 fully saturated rings. The van der Waals surface area contributed by atoms with Crippen molar-refractivity contribution < 1.29 is 14.3 Å². The van der Waals surface area contributed by atoms with Gasteiger partial charge in [0.25, 0.3) is 5.91 Å². The van der Waals surface area contributed by atoms with Gasteiger partial charge in [0.1, 0.15) is 5.75 Å². The predicted molar refractivity (Wildman–Crippen MR) is 79.1 cm³/mol. The highest BCUT2D eigenvalue weighted by molar-refractivity contribution is 5.97. The summed E-state index contributed by atoms with van der Waals surface area (Å²) < 4.78 is 5.33. The van der Waals surface area contributed by atoms with Crippen LogP contribution in [0.4, 0.5) is 11.4 Å². The molecule has 1 aliphatic heterocycles. The average Bonchev–Trinajstić information content (AvgIpc) is 2.84. The predicted octanol–water partition coefficient (Wildman–Crippen LogP) is 1.47. The number of carbonyl (C=O) groups is 2. The van der Waals surface area contributed by atoms with E-state index in [1.807, 2.05) is 0 Å². The first kappa shape index (κ1) is 13.9. The molecule has 1 aliphatic carbocycles. The molecule has 6 nitrogen and oxygen atoms in total. The van der Waals surface area contributed by atoms with Gasteiger partial charge < -0.3 is 21.1 Å². The van der Waals surface area contributed by atoms with Crippen molar-refractivity contribution in [3.05, 3.63) is 18.2 Å². The minimum atomic E-state index is -0.172. The van der Waals surface area contributed by atoms with Crippen LogP contribution in [0.1, 0.15) is 25.7 Å². The van der Waals surface area contributed by atoms with E-state index in [2.05, 4.69) is 10.6 Å². The Kier molecular flexibility index (Phi) is 3.79. The summed E-state index contributed by atoms with van der Waals surface area (Å²) in [5, 5.41) is 5.58. The summed E-state index contributed by atoms with van der Waals surface area (Å²) in [6, 6.07) is 5.34. The maximum atomic E-state index is 12.1. The third-order valence-electron chi connectivity index (χ3n) is 4.06. The first-order valence-electron chi connectivity index (χ1n) is 7.24. The number of rotatable bonds is 3. The molecule has 1 heterocycles. The third kappa shape index (κ3) is 3.16. The number of benzene rings is 1. The van der Waals surface area contributed by atoms with E-state index in [0.29, 0.717) is 23.5 Å². The molecule has 2 aliphatic rings. The topological polar surface area (TPSA) is 93.5 Å². The Bertz CT molecular complexity index is 573. The van der Waals surface area contributed by atoms with Crippen molar-refractivity contribution in [1.82, 2.24) is 0 Å². The van der Waals surface area contributed by atoms with Gasteiger partial charge in [-0.1, -0.05) is 6.42 Å². The van der Waals surface area contributed by atoms with Crippen LogP contribution in [0.3, 0.4) is 0 Å². The molecule has 4 N–H and O–H groups in total. The number of amides is 2. The van der Waals surface area contributed by atoms with E-state index in [1.165, 1.54) is 0 Å². The molecule has 0 bridgehead atoms. The SMILES string of the molecule is N[C@@H]1CCC[C@H]1CC(=O)Nc1ccc2c(c1)OCC(=O)N2. The van der Waals surface area contributed by atoms with Crippen molar-refractivity contribution >= 4 is 23.2 Å². The molecular weight excluding hydrogens is 270 g/mol. The lowest BCUT2D eigenvalue weighted by Crippen LogP contribution is -2.28. The van der Waals surface area contributed by atoms with Crippen LogP contribution in [0.15, 0.2) is 18.2 Å². The number of nitrogens with one attached hydrogen (secondary N) is 2. The van der Waals surface area contributed by atoms with Crippen LogP contribution in [0, 0.1) is 5.92 Å². The molecule has 0 spiro atoms. The molecule has 1 aromatic carbocycles. The normalized spacial score (nSPS) is 24.0. The molecule has 1 saturated carbocycles. The molecule has 0 unspecified atom stereocenters.